The van der Waals surface area contributed by atoms with Crippen molar-refractivity contribution >= 4 is 5.82 Å². The Hall–Kier alpha value is -3.52. The second-order valence-electron chi connectivity index (χ2n) is 7.37. The van der Waals surface area contributed by atoms with Gasteiger partial charge in [0.1, 0.15) is 29.6 Å². The molecule has 4 heterocycles. The third kappa shape index (κ3) is 3.82. The molecule has 11 heteroatoms. The van der Waals surface area contributed by atoms with E-state index < -0.39 is 29.4 Å². The molecule has 1 fully saturated rings. The van der Waals surface area contributed by atoms with Gasteiger partial charge in [-0.3, -0.25) is 4.57 Å². The number of hydrogen-bond donors (Lipinski definition) is 1. The van der Waals surface area contributed by atoms with Crippen molar-refractivity contribution in [3.05, 3.63) is 58.9 Å². The summed E-state index contributed by atoms with van der Waals surface area (Å²) >= 11 is 0. The van der Waals surface area contributed by atoms with Crippen LogP contribution in [0.5, 0.6) is 0 Å². The maximum absolute atomic E-state index is 13.6. The van der Waals surface area contributed by atoms with E-state index in [4.69, 9.17) is 0 Å². The first-order chi connectivity index (χ1) is 14.7. The van der Waals surface area contributed by atoms with E-state index in [1.54, 1.807) is 16.7 Å². The van der Waals surface area contributed by atoms with Crippen molar-refractivity contribution in [3.8, 4) is 11.9 Å². The molecular formula is C20H18F3N7O. The SMILES string of the molecule is Cc1cccc(-n2cnnc2[C@@H]2C[C@H](O)CN2c2nc(C)cc(C(F)(F)F)c2C#N)n1. The Morgan fingerprint density at radius 1 is 1.19 bits per heavy atom. The average molecular weight is 429 g/mol. The molecule has 0 radical (unpaired) electrons. The van der Waals surface area contributed by atoms with Gasteiger partial charge < -0.3 is 10.0 Å². The normalized spacial score (nSPS) is 18.9. The molecule has 2 atom stereocenters. The summed E-state index contributed by atoms with van der Waals surface area (Å²) in [4.78, 5) is 10.2. The molecule has 1 saturated heterocycles. The van der Waals surface area contributed by atoms with Crippen LogP contribution >= 0.6 is 0 Å². The maximum Gasteiger partial charge on any atom is 0.417 e. The molecule has 0 saturated carbocycles. The minimum Gasteiger partial charge on any atom is -0.391 e. The van der Waals surface area contributed by atoms with Gasteiger partial charge in [0.15, 0.2) is 5.82 Å². The van der Waals surface area contributed by atoms with E-state index in [1.165, 1.54) is 18.2 Å². The first-order valence-corrected chi connectivity index (χ1v) is 9.46. The lowest BCUT2D eigenvalue weighted by molar-refractivity contribution is -0.137. The summed E-state index contributed by atoms with van der Waals surface area (Å²) in [6.45, 7) is 3.26. The topological polar surface area (TPSA) is 104 Å². The van der Waals surface area contributed by atoms with Crippen LogP contribution in [0.2, 0.25) is 0 Å². The van der Waals surface area contributed by atoms with Crippen molar-refractivity contribution in [1.82, 2.24) is 24.7 Å². The van der Waals surface area contributed by atoms with E-state index in [1.807, 2.05) is 19.1 Å². The van der Waals surface area contributed by atoms with Gasteiger partial charge in [-0.05, 0) is 32.0 Å². The lowest BCUT2D eigenvalue weighted by Crippen LogP contribution is -2.29. The van der Waals surface area contributed by atoms with E-state index in [2.05, 4.69) is 20.2 Å². The Morgan fingerprint density at radius 2 is 1.97 bits per heavy atom. The quantitative estimate of drug-likeness (QED) is 0.683. The fourth-order valence-corrected chi connectivity index (χ4v) is 3.80. The molecule has 0 spiro atoms. The van der Waals surface area contributed by atoms with Crippen LogP contribution in [0.15, 0.2) is 30.6 Å². The summed E-state index contributed by atoms with van der Waals surface area (Å²) in [5, 5.41) is 28.0. The Labute approximate surface area is 175 Å². The molecule has 0 amide bonds. The molecule has 160 valence electrons. The number of rotatable bonds is 3. The minimum atomic E-state index is -4.72. The fraction of sp³-hybridized carbons (Fsp3) is 0.350. The molecule has 4 rings (SSSR count). The van der Waals surface area contributed by atoms with Crippen LogP contribution in [0.4, 0.5) is 19.0 Å². The summed E-state index contributed by atoms with van der Waals surface area (Å²) < 4.78 is 42.3. The number of alkyl halides is 3. The summed E-state index contributed by atoms with van der Waals surface area (Å²) in [5.74, 6) is 0.786. The zero-order valence-corrected chi connectivity index (χ0v) is 16.7. The average Bonchev–Trinajstić information content (AvgIpc) is 3.33. The third-order valence-electron chi connectivity index (χ3n) is 5.09. The monoisotopic (exact) mass is 429 g/mol. The highest BCUT2D eigenvalue weighted by Crippen LogP contribution is 2.41. The van der Waals surface area contributed by atoms with Crippen LogP contribution in [-0.4, -0.2) is 42.5 Å². The van der Waals surface area contributed by atoms with Crippen LogP contribution in [0.3, 0.4) is 0 Å². The number of nitriles is 1. The zero-order chi connectivity index (χ0) is 22.3. The van der Waals surface area contributed by atoms with Crippen LogP contribution < -0.4 is 4.90 Å². The number of aliphatic hydroxyl groups is 1. The van der Waals surface area contributed by atoms with Crippen molar-refractivity contribution in [3.63, 3.8) is 0 Å². The number of aromatic nitrogens is 5. The van der Waals surface area contributed by atoms with Gasteiger partial charge in [-0.1, -0.05) is 6.07 Å². The second-order valence-corrected chi connectivity index (χ2v) is 7.37. The van der Waals surface area contributed by atoms with Crippen LogP contribution in [0.25, 0.3) is 5.82 Å². The number of anilines is 1. The van der Waals surface area contributed by atoms with Crippen molar-refractivity contribution in [2.75, 3.05) is 11.4 Å². The first-order valence-electron chi connectivity index (χ1n) is 9.46. The summed E-state index contributed by atoms with van der Waals surface area (Å²) in [7, 11) is 0. The molecular weight excluding hydrogens is 411 g/mol. The Kier molecular flexibility index (Phi) is 5.10. The van der Waals surface area contributed by atoms with Gasteiger partial charge >= 0.3 is 6.18 Å². The van der Waals surface area contributed by atoms with Gasteiger partial charge in [0.2, 0.25) is 0 Å². The van der Waals surface area contributed by atoms with Gasteiger partial charge in [-0.15, -0.1) is 10.2 Å². The highest BCUT2D eigenvalue weighted by Gasteiger charge is 2.41. The Balaban J connectivity index is 1.85. The molecule has 1 aliphatic rings. The van der Waals surface area contributed by atoms with E-state index in [0.717, 1.165) is 11.8 Å². The smallest absolute Gasteiger partial charge is 0.391 e. The van der Waals surface area contributed by atoms with Gasteiger partial charge in [-0.2, -0.15) is 18.4 Å². The number of β-amino-alcohol motifs (C(OH)–C–C–N with tert-alkyl or cyclic N) is 1. The highest BCUT2D eigenvalue weighted by atomic mass is 19.4. The summed E-state index contributed by atoms with van der Waals surface area (Å²) in [5.41, 5.74) is -0.762. The van der Waals surface area contributed by atoms with Gasteiger partial charge in [0, 0.05) is 24.4 Å². The minimum absolute atomic E-state index is 0.00119. The van der Waals surface area contributed by atoms with Gasteiger partial charge in [-0.25, -0.2) is 9.97 Å². The number of pyridine rings is 2. The van der Waals surface area contributed by atoms with E-state index in [9.17, 15) is 23.5 Å². The number of hydrogen-bond acceptors (Lipinski definition) is 7. The largest absolute Gasteiger partial charge is 0.417 e. The molecule has 0 aliphatic carbocycles. The van der Waals surface area contributed by atoms with Gasteiger partial charge in [0.25, 0.3) is 0 Å². The molecule has 0 bridgehead atoms. The van der Waals surface area contributed by atoms with Crippen LogP contribution in [0, 0.1) is 25.2 Å². The molecule has 8 nitrogen and oxygen atoms in total. The molecule has 3 aromatic heterocycles. The molecule has 1 aliphatic heterocycles. The third-order valence-corrected chi connectivity index (χ3v) is 5.09. The Bertz CT molecular complexity index is 1170. The second kappa shape index (κ2) is 7.63. The van der Waals surface area contributed by atoms with E-state index in [-0.39, 0.29) is 24.5 Å². The van der Waals surface area contributed by atoms with Crippen molar-refractivity contribution < 1.29 is 18.3 Å². The predicted molar refractivity (Wildman–Crippen MR) is 103 cm³/mol. The maximum atomic E-state index is 13.6. The zero-order valence-electron chi connectivity index (χ0n) is 16.7. The summed E-state index contributed by atoms with van der Waals surface area (Å²) in [6, 6.07) is 7.24. The van der Waals surface area contributed by atoms with Gasteiger partial charge in [0.05, 0.1) is 17.7 Å². The predicted octanol–water partition coefficient (Wildman–Crippen LogP) is 2.88. The fourth-order valence-electron chi connectivity index (χ4n) is 3.80. The number of nitrogens with zero attached hydrogens (tertiary/aromatic N) is 7. The molecule has 1 N–H and O–H groups in total. The first kappa shape index (κ1) is 20.7. The number of aliphatic hydroxyl groups excluding tert-OH is 1. The van der Waals surface area contributed by atoms with Crippen LogP contribution in [-0.2, 0) is 6.18 Å². The van der Waals surface area contributed by atoms with Crippen molar-refractivity contribution in [2.45, 2.75) is 38.6 Å². The lowest BCUT2D eigenvalue weighted by atomic mass is 10.1. The van der Waals surface area contributed by atoms with E-state index in [0.29, 0.717) is 11.6 Å². The summed E-state index contributed by atoms with van der Waals surface area (Å²) in [6.07, 6.45) is -3.92. The molecule has 0 aromatic carbocycles. The number of halogens is 3. The molecule has 0 unspecified atom stereocenters. The Morgan fingerprint density at radius 3 is 2.65 bits per heavy atom. The van der Waals surface area contributed by atoms with Crippen LogP contribution in [0.1, 0.15) is 40.8 Å². The van der Waals surface area contributed by atoms with Crippen molar-refractivity contribution in [2.24, 2.45) is 0 Å². The standard InChI is InChI=1S/C20H18F3N7O/c1-11-4-3-5-17(26-11)30-10-25-28-19(30)16-7-13(31)9-29(16)18-14(8-24)15(20(21,22)23)6-12(2)27-18/h3-6,10,13,16,31H,7,9H2,1-2H3/t13-,16-/m0/s1. The molecule has 3 aromatic rings. The van der Waals surface area contributed by atoms with E-state index >= 15 is 0 Å². The lowest BCUT2D eigenvalue weighted by Gasteiger charge is -2.27. The highest BCUT2D eigenvalue weighted by molar-refractivity contribution is 5.61. The molecule has 31 heavy (non-hydrogen) atoms. The number of aryl methyl sites for hydroxylation is 2. The van der Waals surface area contributed by atoms with Crippen molar-refractivity contribution in [1.29, 1.82) is 5.26 Å².